The molecule has 0 aromatic heterocycles. The molecule has 1 aromatic rings. The molecule has 0 unspecified atom stereocenters. The number of likely N-dealkylation sites (N-methyl/N-ethyl adjacent to an activating group) is 1. The van der Waals surface area contributed by atoms with Crippen molar-refractivity contribution in [1.82, 2.24) is 10.6 Å². The van der Waals surface area contributed by atoms with E-state index in [1.54, 1.807) is 7.05 Å². The maximum absolute atomic E-state index is 11.3. The summed E-state index contributed by atoms with van der Waals surface area (Å²) in [5.74, 6) is 0.898. The molecule has 0 bridgehead atoms. The highest BCUT2D eigenvalue weighted by molar-refractivity contribution is 5.77. The second-order valence-corrected chi connectivity index (χ2v) is 5.45. The van der Waals surface area contributed by atoms with Crippen LogP contribution in [0, 0.1) is 0 Å². The van der Waals surface area contributed by atoms with Crippen LogP contribution in [-0.4, -0.2) is 31.6 Å². The molecule has 0 atom stereocenters. The molecule has 0 heterocycles. The summed E-state index contributed by atoms with van der Waals surface area (Å²) in [7, 11) is 1.76. The van der Waals surface area contributed by atoms with E-state index in [1.807, 2.05) is 45.0 Å². The van der Waals surface area contributed by atoms with Crippen molar-refractivity contribution in [2.45, 2.75) is 32.8 Å². The lowest BCUT2D eigenvalue weighted by molar-refractivity contribution is -0.120. The van der Waals surface area contributed by atoms with E-state index < -0.39 is 0 Å². The Balaban J connectivity index is 2.56. The number of nitrogens with one attached hydrogen (secondary N) is 2. The van der Waals surface area contributed by atoms with Crippen molar-refractivity contribution < 1.29 is 9.53 Å². The number of ether oxygens (including phenoxy) is 1. The molecule has 0 aliphatic heterocycles. The van der Waals surface area contributed by atoms with Gasteiger partial charge in [0.1, 0.15) is 11.4 Å². The Morgan fingerprint density at radius 3 is 2.58 bits per heavy atom. The van der Waals surface area contributed by atoms with Gasteiger partial charge in [0, 0.05) is 6.54 Å². The van der Waals surface area contributed by atoms with Gasteiger partial charge in [-0.15, -0.1) is 0 Å². The van der Waals surface area contributed by atoms with Gasteiger partial charge in [-0.3, -0.25) is 4.79 Å². The second kappa shape index (κ2) is 7.14. The lowest BCUT2D eigenvalue weighted by atomic mass is 10.1. The van der Waals surface area contributed by atoms with Gasteiger partial charge in [-0.05, 0) is 45.9 Å². The van der Waals surface area contributed by atoms with Crippen LogP contribution in [0.15, 0.2) is 24.3 Å². The van der Waals surface area contributed by atoms with Gasteiger partial charge in [0.05, 0.1) is 6.54 Å². The van der Waals surface area contributed by atoms with Gasteiger partial charge >= 0.3 is 0 Å². The van der Waals surface area contributed by atoms with Crippen LogP contribution in [0.1, 0.15) is 26.3 Å². The first-order valence-electron chi connectivity index (χ1n) is 6.60. The van der Waals surface area contributed by atoms with Crippen molar-refractivity contribution in [3.63, 3.8) is 0 Å². The second-order valence-electron chi connectivity index (χ2n) is 5.45. The molecule has 19 heavy (non-hydrogen) atoms. The molecule has 1 rings (SSSR count). The average molecular weight is 264 g/mol. The summed E-state index contributed by atoms with van der Waals surface area (Å²) < 4.78 is 5.91. The van der Waals surface area contributed by atoms with Crippen molar-refractivity contribution in [1.29, 1.82) is 0 Å². The zero-order valence-electron chi connectivity index (χ0n) is 12.2. The molecule has 4 heteroatoms. The number of hydrogen-bond donors (Lipinski definition) is 2. The van der Waals surface area contributed by atoms with E-state index >= 15 is 0 Å². The third kappa shape index (κ3) is 6.25. The summed E-state index contributed by atoms with van der Waals surface area (Å²) in [6.45, 7) is 7.04. The molecule has 0 aliphatic carbocycles. The van der Waals surface area contributed by atoms with E-state index in [-0.39, 0.29) is 11.5 Å². The molecule has 0 saturated carbocycles. The Morgan fingerprint density at radius 2 is 1.95 bits per heavy atom. The Morgan fingerprint density at radius 1 is 1.26 bits per heavy atom. The minimum atomic E-state index is -0.217. The van der Waals surface area contributed by atoms with Gasteiger partial charge in [-0.2, -0.15) is 0 Å². The third-order valence-corrected chi connectivity index (χ3v) is 2.44. The number of carbonyl (C=O) groups excluding carboxylic acids is 1. The molecule has 4 nitrogen and oxygen atoms in total. The average Bonchev–Trinajstić information content (AvgIpc) is 2.30. The summed E-state index contributed by atoms with van der Waals surface area (Å²) in [4.78, 5) is 11.3. The van der Waals surface area contributed by atoms with Crippen molar-refractivity contribution >= 4 is 5.91 Å². The molecule has 2 N–H and O–H groups in total. The molecule has 1 amide bonds. The molecule has 1 aromatic carbocycles. The van der Waals surface area contributed by atoms with Gasteiger partial charge in [0.15, 0.2) is 0 Å². The number of benzene rings is 1. The minimum Gasteiger partial charge on any atom is -0.488 e. The maximum Gasteiger partial charge on any atom is 0.233 e. The van der Waals surface area contributed by atoms with Crippen LogP contribution >= 0.6 is 0 Å². The number of hydrogen-bond acceptors (Lipinski definition) is 3. The summed E-state index contributed by atoms with van der Waals surface area (Å²) in [6, 6.07) is 7.95. The number of rotatable bonds is 6. The standard InChI is InChI=1S/C15H24N2O2/c1-15(2,3)19-13-8-6-5-7-12(13)9-10-17-14(18)11-16-4/h5-8,16H,9-11H2,1-4H3,(H,17,18). The molecule has 0 saturated heterocycles. The maximum atomic E-state index is 11.3. The van der Waals surface area contributed by atoms with Gasteiger partial charge in [-0.25, -0.2) is 0 Å². The third-order valence-electron chi connectivity index (χ3n) is 2.44. The van der Waals surface area contributed by atoms with Gasteiger partial charge in [0.2, 0.25) is 5.91 Å². The van der Waals surface area contributed by atoms with E-state index in [0.717, 1.165) is 17.7 Å². The highest BCUT2D eigenvalue weighted by Gasteiger charge is 2.14. The fourth-order valence-electron chi connectivity index (χ4n) is 1.70. The van der Waals surface area contributed by atoms with E-state index in [4.69, 9.17) is 4.74 Å². The molecule has 0 radical (unpaired) electrons. The van der Waals surface area contributed by atoms with Crippen LogP contribution in [0.25, 0.3) is 0 Å². The Labute approximate surface area is 115 Å². The van der Waals surface area contributed by atoms with E-state index in [2.05, 4.69) is 10.6 Å². The first kappa shape index (κ1) is 15.5. The largest absolute Gasteiger partial charge is 0.488 e. The minimum absolute atomic E-state index is 0.0109. The molecule has 0 aliphatic rings. The number of amides is 1. The van der Waals surface area contributed by atoms with Gasteiger partial charge in [-0.1, -0.05) is 18.2 Å². The van der Waals surface area contributed by atoms with Crippen molar-refractivity contribution in [3.05, 3.63) is 29.8 Å². The van der Waals surface area contributed by atoms with Crippen molar-refractivity contribution in [2.24, 2.45) is 0 Å². The van der Waals surface area contributed by atoms with Crippen LogP contribution in [-0.2, 0) is 11.2 Å². The van der Waals surface area contributed by atoms with E-state index in [0.29, 0.717) is 13.1 Å². The van der Waals surface area contributed by atoms with Crippen LogP contribution < -0.4 is 15.4 Å². The molecule has 0 spiro atoms. The fourth-order valence-corrected chi connectivity index (χ4v) is 1.70. The molecule has 0 fully saturated rings. The Kier molecular flexibility index (Phi) is 5.83. The molecular formula is C15H24N2O2. The summed E-state index contributed by atoms with van der Waals surface area (Å²) in [5.41, 5.74) is 0.896. The zero-order valence-corrected chi connectivity index (χ0v) is 12.2. The van der Waals surface area contributed by atoms with Crippen LogP contribution in [0.3, 0.4) is 0 Å². The normalized spacial score (nSPS) is 11.2. The molecular weight excluding hydrogens is 240 g/mol. The fraction of sp³-hybridized carbons (Fsp3) is 0.533. The topological polar surface area (TPSA) is 50.4 Å². The lowest BCUT2D eigenvalue weighted by Gasteiger charge is -2.23. The SMILES string of the molecule is CNCC(=O)NCCc1ccccc1OC(C)(C)C. The summed E-state index contributed by atoms with van der Waals surface area (Å²) in [6.07, 6.45) is 0.766. The number of carbonyl (C=O) groups is 1. The quantitative estimate of drug-likeness (QED) is 0.823. The lowest BCUT2D eigenvalue weighted by Crippen LogP contribution is -2.33. The van der Waals surface area contributed by atoms with Gasteiger partial charge in [0.25, 0.3) is 0 Å². The predicted octanol–water partition coefficient (Wildman–Crippen LogP) is 1.74. The zero-order chi connectivity index (χ0) is 14.3. The Bertz CT molecular complexity index is 411. The number of para-hydroxylation sites is 1. The summed E-state index contributed by atoms with van der Waals surface area (Å²) in [5, 5.41) is 5.69. The van der Waals surface area contributed by atoms with Crippen molar-refractivity contribution in [2.75, 3.05) is 20.1 Å². The highest BCUT2D eigenvalue weighted by atomic mass is 16.5. The van der Waals surface area contributed by atoms with Crippen molar-refractivity contribution in [3.8, 4) is 5.75 Å². The first-order valence-corrected chi connectivity index (χ1v) is 6.60. The van der Waals surface area contributed by atoms with E-state index in [9.17, 15) is 4.79 Å². The first-order chi connectivity index (χ1) is 8.92. The van der Waals surface area contributed by atoms with Crippen LogP contribution in [0.4, 0.5) is 0 Å². The smallest absolute Gasteiger partial charge is 0.233 e. The Hall–Kier alpha value is -1.55. The monoisotopic (exact) mass is 264 g/mol. The highest BCUT2D eigenvalue weighted by Crippen LogP contribution is 2.23. The van der Waals surface area contributed by atoms with Crippen LogP contribution in [0.2, 0.25) is 0 Å². The predicted molar refractivity (Wildman–Crippen MR) is 77.5 cm³/mol. The summed E-state index contributed by atoms with van der Waals surface area (Å²) >= 11 is 0. The van der Waals surface area contributed by atoms with Crippen LogP contribution in [0.5, 0.6) is 5.75 Å². The van der Waals surface area contributed by atoms with Gasteiger partial charge < -0.3 is 15.4 Å². The van der Waals surface area contributed by atoms with E-state index in [1.165, 1.54) is 0 Å². The molecule has 106 valence electrons.